The van der Waals surface area contributed by atoms with Gasteiger partial charge in [0, 0.05) is 12.6 Å². The first-order valence-electron chi connectivity index (χ1n) is 6.87. The number of carbonyl (C=O) groups is 1. The van der Waals surface area contributed by atoms with Gasteiger partial charge < -0.3 is 14.7 Å². The number of aliphatic hydroxyl groups is 1. The molecule has 1 aliphatic rings. The van der Waals surface area contributed by atoms with Crippen LogP contribution in [0.2, 0.25) is 0 Å². The third kappa shape index (κ3) is 2.93. The molecule has 0 aliphatic carbocycles. The van der Waals surface area contributed by atoms with Crippen molar-refractivity contribution in [3.63, 3.8) is 0 Å². The normalized spacial score (nSPS) is 20.6. The first-order chi connectivity index (χ1) is 9.54. The molecule has 0 unspecified atom stereocenters. The van der Waals surface area contributed by atoms with Crippen LogP contribution in [0.4, 0.5) is 4.39 Å². The third-order valence-corrected chi connectivity index (χ3v) is 3.77. The topological polar surface area (TPSA) is 49.8 Å². The second kappa shape index (κ2) is 6.22. The van der Waals surface area contributed by atoms with Gasteiger partial charge in [-0.25, -0.2) is 4.39 Å². The average Bonchev–Trinajstić information content (AvgIpc) is 2.46. The summed E-state index contributed by atoms with van der Waals surface area (Å²) in [7, 11) is 1.45. The number of methoxy groups -OCH3 is 1. The minimum Gasteiger partial charge on any atom is -0.497 e. The predicted octanol–water partition coefficient (Wildman–Crippen LogP) is 2.21. The van der Waals surface area contributed by atoms with Crippen LogP contribution in [0.3, 0.4) is 0 Å². The van der Waals surface area contributed by atoms with Gasteiger partial charge in [-0.1, -0.05) is 0 Å². The summed E-state index contributed by atoms with van der Waals surface area (Å²) in [6, 6.07) is 3.97. The molecule has 1 amide bonds. The molecule has 4 nitrogen and oxygen atoms in total. The van der Waals surface area contributed by atoms with Crippen LogP contribution in [0.5, 0.6) is 5.75 Å². The van der Waals surface area contributed by atoms with E-state index in [2.05, 4.69) is 0 Å². The fourth-order valence-electron chi connectivity index (χ4n) is 2.66. The van der Waals surface area contributed by atoms with E-state index in [0.717, 1.165) is 19.3 Å². The second-order valence-corrected chi connectivity index (χ2v) is 5.15. The Morgan fingerprint density at radius 1 is 1.50 bits per heavy atom. The number of halogens is 1. The molecule has 2 rings (SSSR count). The fourth-order valence-corrected chi connectivity index (χ4v) is 2.66. The fraction of sp³-hybridized carbons (Fsp3) is 0.533. The van der Waals surface area contributed by atoms with Crippen molar-refractivity contribution in [1.82, 2.24) is 4.90 Å². The van der Waals surface area contributed by atoms with Crippen LogP contribution in [0.1, 0.15) is 36.5 Å². The minimum absolute atomic E-state index is 0.0263. The number of benzene rings is 1. The summed E-state index contributed by atoms with van der Waals surface area (Å²) < 4.78 is 18.9. The Balaban J connectivity index is 2.25. The second-order valence-electron chi connectivity index (χ2n) is 5.15. The maximum atomic E-state index is 14.0. The Hall–Kier alpha value is -1.62. The molecule has 1 saturated heterocycles. The Morgan fingerprint density at radius 3 is 2.85 bits per heavy atom. The van der Waals surface area contributed by atoms with Gasteiger partial charge in [-0.3, -0.25) is 4.79 Å². The molecule has 0 spiro atoms. The van der Waals surface area contributed by atoms with Gasteiger partial charge >= 0.3 is 0 Å². The van der Waals surface area contributed by atoms with Crippen LogP contribution >= 0.6 is 0 Å². The highest BCUT2D eigenvalue weighted by Crippen LogP contribution is 2.24. The summed E-state index contributed by atoms with van der Waals surface area (Å²) in [4.78, 5) is 14.1. The zero-order chi connectivity index (χ0) is 14.7. The highest BCUT2D eigenvalue weighted by Gasteiger charge is 2.31. The first-order valence-corrected chi connectivity index (χ1v) is 6.87. The van der Waals surface area contributed by atoms with Crippen LogP contribution in [-0.4, -0.2) is 41.7 Å². The number of hydrogen-bond donors (Lipinski definition) is 1. The molecule has 1 N–H and O–H groups in total. The van der Waals surface area contributed by atoms with E-state index in [4.69, 9.17) is 4.74 Å². The number of ether oxygens (including phenoxy) is 1. The molecule has 110 valence electrons. The Morgan fingerprint density at radius 2 is 2.25 bits per heavy atom. The van der Waals surface area contributed by atoms with Gasteiger partial charge in [0.25, 0.3) is 5.91 Å². The smallest absolute Gasteiger partial charge is 0.257 e. The number of nitrogens with zero attached hydrogens (tertiary/aromatic N) is 1. The zero-order valence-electron chi connectivity index (χ0n) is 11.8. The number of piperidine rings is 1. The van der Waals surface area contributed by atoms with E-state index in [1.165, 1.54) is 19.2 Å². The molecular weight excluding hydrogens is 261 g/mol. The number of likely N-dealkylation sites (tertiary alicyclic amines) is 1. The molecule has 1 aromatic carbocycles. The monoisotopic (exact) mass is 281 g/mol. The lowest BCUT2D eigenvalue weighted by Gasteiger charge is -2.37. The highest BCUT2D eigenvalue weighted by atomic mass is 19.1. The van der Waals surface area contributed by atoms with E-state index >= 15 is 0 Å². The van der Waals surface area contributed by atoms with Crippen molar-refractivity contribution in [3.8, 4) is 5.75 Å². The lowest BCUT2D eigenvalue weighted by atomic mass is 9.97. The summed E-state index contributed by atoms with van der Waals surface area (Å²) >= 11 is 0. The van der Waals surface area contributed by atoms with Gasteiger partial charge in [-0.2, -0.15) is 0 Å². The maximum absolute atomic E-state index is 14.0. The predicted molar refractivity (Wildman–Crippen MR) is 73.3 cm³/mol. The Kier molecular flexibility index (Phi) is 4.60. The summed E-state index contributed by atoms with van der Waals surface area (Å²) in [6.45, 7) is 2.22. The van der Waals surface area contributed by atoms with Gasteiger partial charge in [0.2, 0.25) is 0 Å². The van der Waals surface area contributed by atoms with E-state index < -0.39 is 11.9 Å². The lowest BCUT2D eigenvalue weighted by molar-refractivity contribution is 0.0277. The summed E-state index contributed by atoms with van der Waals surface area (Å²) in [5.74, 6) is -0.579. The van der Waals surface area contributed by atoms with Gasteiger partial charge in [0.05, 0.1) is 24.8 Å². The average molecular weight is 281 g/mol. The lowest BCUT2D eigenvalue weighted by Crippen LogP contribution is -2.49. The van der Waals surface area contributed by atoms with Crippen molar-refractivity contribution >= 4 is 5.91 Å². The molecule has 1 aliphatic heterocycles. The molecule has 0 bridgehead atoms. The third-order valence-electron chi connectivity index (χ3n) is 3.77. The van der Waals surface area contributed by atoms with Crippen LogP contribution in [0.25, 0.3) is 0 Å². The molecular formula is C15H20FNO3. The Bertz CT molecular complexity index is 490. The minimum atomic E-state index is -0.611. The summed E-state index contributed by atoms with van der Waals surface area (Å²) in [5.41, 5.74) is 0.0263. The van der Waals surface area contributed by atoms with Crippen LogP contribution in [0, 0.1) is 5.82 Å². The van der Waals surface area contributed by atoms with Crippen molar-refractivity contribution in [2.45, 2.75) is 38.3 Å². The van der Waals surface area contributed by atoms with E-state index in [1.54, 1.807) is 17.9 Å². The standard InChI is InChI=1S/C15H20FNO3/c1-10(18)14-5-3-4-8-17(14)15(19)12-7-6-11(20-2)9-13(12)16/h6-7,9-10,14,18H,3-5,8H2,1-2H3/t10-,14+/m1/s1. The molecule has 1 heterocycles. The number of aliphatic hydroxyl groups excluding tert-OH is 1. The van der Waals surface area contributed by atoms with E-state index in [9.17, 15) is 14.3 Å². The van der Waals surface area contributed by atoms with Crippen LogP contribution in [-0.2, 0) is 0 Å². The van der Waals surface area contributed by atoms with Crippen molar-refractivity contribution < 1.29 is 19.0 Å². The van der Waals surface area contributed by atoms with Gasteiger partial charge in [-0.15, -0.1) is 0 Å². The van der Waals surface area contributed by atoms with Crippen LogP contribution < -0.4 is 4.74 Å². The summed E-state index contributed by atoms with van der Waals surface area (Å²) in [5, 5.41) is 9.79. The number of hydrogen-bond acceptors (Lipinski definition) is 3. The van der Waals surface area contributed by atoms with E-state index in [0.29, 0.717) is 12.3 Å². The largest absolute Gasteiger partial charge is 0.497 e. The SMILES string of the molecule is COc1ccc(C(=O)N2CCCC[C@H]2[C@@H](C)O)c(F)c1. The zero-order valence-corrected chi connectivity index (χ0v) is 11.8. The number of amides is 1. The Labute approximate surface area is 118 Å². The van der Waals surface area contributed by atoms with Gasteiger partial charge in [0.15, 0.2) is 0 Å². The van der Waals surface area contributed by atoms with E-state index in [1.807, 2.05) is 0 Å². The number of rotatable bonds is 3. The highest BCUT2D eigenvalue weighted by molar-refractivity contribution is 5.95. The molecule has 0 saturated carbocycles. The van der Waals surface area contributed by atoms with Crippen molar-refractivity contribution in [2.75, 3.05) is 13.7 Å². The van der Waals surface area contributed by atoms with Crippen molar-refractivity contribution in [3.05, 3.63) is 29.6 Å². The van der Waals surface area contributed by atoms with Gasteiger partial charge in [-0.05, 0) is 38.3 Å². The molecule has 2 atom stereocenters. The maximum Gasteiger partial charge on any atom is 0.257 e. The molecule has 1 aromatic rings. The molecule has 20 heavy (non-hydrogen) atoms. The van der Waals surface area contributed by atoms with Crippen molar-refractivity contribution in [2.24, 2.45) is 0 Å². The molecule has 5 heteroatoms. The molecule has 0 aromatic heterocycles. The quantitative estimate of drug-likeness (QED) is 0.924. The first kappa shape index (κ1) is 14.8. The van der Waals surface area contributed by atoms with Gasteiger partial charge in [0.1, 0.15) is 11.6 Å². The van der Waals surface area contributed by atoms with Crippen LogP contribution in [0.15, 0.2) is 18.2 Å². The van der Waals surface area contributed by atoms with Crippen molar-refractivity contribution in [1.29, 1.82) is 0 Å². The molecule has 0 radical (unpaired) electrons. The summed E-state index contributed by atoms with van der Waals surface area (Å²) in [6.07, 6.45) is 2.00. The molecule has 1 fully saturated rings. The van der Waals surface area contributed by atoms with E-state index in [-0.39, 0.29) is 17.5 Å². The number of carbonyl (C=O) groups excluding carboxylic acids is 1.